The van der Waals surface area contributed by atoms with Gasteiger partial charge in [0.15, 0.2) is 0 Å². The Morgan fingerprint density at radius 3 is 2.80 bits per heavy atom. The van der Waals surface area contributed by atoms with Gasteiger partial charge in [-0.15, -0.1) is 0 Å². The van der Waals surface area contributed by atoms with E-state index < -0.39 is 5.60 Å². The van der Waals surface area contributed by atoms with Crippen LogP contribution in [0, 0.1) is 11.8 Å². The molecule has 0 radical (unpaired) electrons. The first-order chi connectivity index (χ1) is 7.27. The number of piperidine rings is 1. The number of ether oxygens (including phenoxy) is 1. The van der Waals surface area contributed by atoms with Crippen molar-refractivity contribution in [1.82, 2.24) is 5.32 Å². The van der Waals surface area contributed by atoms with Crippen molar-refractivity contribution >= 4 is 0 Å². The van der Waals surface area contributed by atoms with Crippen molar-refractivity contribution in [1.29, 1.82) is 0 Å². The van der Waals surface area contributed by atoms with Crippen LogP contribution >= 0.6 is 0 Å². The van der Waals surface area contributed by atoms with Gasteiger partial charge in [0.2, 0.25) is 0 Å². The molecule has 2 rings (SSSR count). The van der Waals surface area contributed by atoms with Crippen LogP contribution in [0.25, 0.3) is 0 Å². The molecule has 2 aliphatic heterocycles. The van der Waals surface area contributed by atoms with E-state index >= 15 is 0 Å². The first kappa shape index (κ1) is 11.4. The largest absolute Gasteiger partial charge is 0.389 e. The fourth-order valence-corrected chi connectivity index (χ4v) is 3.18. The molecule has 0 aliphatic carbocycles. The molecule has 2 fully saturated rings. The normalized spacial score (nSPS) is 39.2. The Kier molecular flexibility index (Phi) is 3.65. The van der Waals surface area contributed by atoms with Crippen LogP contribution in [0.4, 0.5) is 0 Å². The summed E-state index contributed by atoms with van der Waals surface area (Å²) in [5.74, 6) is 0.882. The summed E-state index contributed by atoms with van der Waals surface area (Å²) in [5, 5.41) is 14.2. The Balaban J connectivity index is 2.06. The summed E-state index contributed by atoms with van der Waals surface area (Å²) in [5.41, 5.74) is -0.427. The summed E-state index contributed by atoms with van der Waals surface area (Å²) in [7, 11) is 0. The van der Waals surface area contributed by atoms with Gasteiger partial charge in [0.1, 0.15) is 0 Å². The Hall–Kier alpha value is -0.120. The van der Waals surface area contributed by atoms with Gasteiger partial charge in [-0.05, 0) is 38.1 Å². The molecule has 0 saturated carbocycles. The van der Waals surface area contributed by atoms with E-state index in [4.69, 9.17) is 4.74 Å². The number of rotatable bonds is 2. The Morgan fingerprint density at radius 1 is 1.40 bits per heavy atom. The molecule has 88 valence electrons. The lowest BCUT2D eigenvalue weighted by molar-refractivity contribution is -0.117. The van der Waals surface area contributed by atoms with Crippen LogP contribution in [0.5, 0.6) is 0 Å². The van der Waals surface area contributed by atoms with Crippen LogP contribution in [0.2, 0.25) is 0 Å². The highest BCUT2D eigenvalue weighted by Gasteiger charge is 2.44. The lowest BCUT2D eigenvalue weighted by Crippen LogP contribution is -2.55. The molecule has 2 saturated heterocycles. The molecule has 3 heteroatoms. The van der Waals surface area contributed by atoms with E-state index in [9.17, 15) is 5.11 Å². The Bertz CT molecular complexity index is 204. The second-order valence-electron chi connectivity index (χ2n) is 4.94. The third-order valence-electron chi connectivity index (χ3n) is 4.22. The predicted molar refractivity (Wildman–Crippen MR) is 59.8 cm³/mol. The quantitative estimate of drug-likeness (QED) is 0.723. The van der Waals surface area contributed by atoms with Crippen LogP contribution < -0.4 is 5.32 Å². The van der Waals surface area contributed by atoms with E-state index in [1.54, 1.807) is 0 Å². The molecule has 0 bridgehead atoms. The zero-order valence-corrected chi connectivity index (χ0v) is 9.67. The van der Waals surface area contributed by atoms with Gasteiger partial charge < -0.3 is 15.2 Å². The molecule has 15 heavy (non-hydrogen) atoms. The third-order valence-corrected chi connectivity index (χ3v) is 4.22. The van der Waals surface area contributed by atoms with Crippen molar-refractivity contribution < 1.29 is 9.84 Å². The highest BCUT2D eigenvalue weighted by molar-refractivity contribution is 4.96. The average molecular weight is 213 g/mol. The molecule has 2 N–H and O–H groups in total. The van der Waals surface area contributed by atoms with Crippen molar-refractivity contribution in [2.75, 3.05) is 26.3 Å². The molecule has 0 spiro atoms. The summed E-state index contributed by atoms with van der Waals surface area (Å²) in [6.45, 7) is 5.78. The highest BCUT2D eigenvalue weighted by Crippen LogP contribution is 2.38. The summed E-state index contributed by atoms with van der Waals surface area (Å²) in [4.78, 5) is 0. The number of hydrogen-bond donors (Lipinski definition) is 2. The summed E-state index contributed by atoms with van der Waals surface area (Å²) >= 11 is 0. The van der Waals surface area contributed by atoms with Crippen molar-refractivity contribution in [2.24, 2.45) is 11.8 Å². The number of nitrogens with one attached hydrogen (secondary N) is 1. The van der Waals surface area contributed by atoms with Gasteiger partial charge in [-0.25, -0.2) is 0 Å². The molecule has 0 aromatic heterocycles. The van der Waals surface area contributed by atoms with Crippen LogP contribution in [0.15, 0.2) is 0 Å². The monoisotopic (exact) mass is 213 g/mol. The zero-order chi connectivity index (χ0) is 10.7. The van der Waals surface area contributed by atoms with E-state index in [0.29, 0.717) is 11.8 Å². The molecule has 0 aromatic rings. The van der Waals surface area contributed by atoms with Crippen molar-refractivity contribution in [3.05, 3.63) is 0 Å². The average Bonchev–Trinajstić information content (AvgIpc) is 2.31. The van der Waals surface area contributed by atoms with E-state index in [2.05, 4.69) is 12.2 Å². The molecule has 2 unspecified atom stereocenters. The maximum Gasteiger partial charge on any atom is 0.0729 e. The van der Waals surface area contributed by atoms with E-state index in [0.717, 1.165) is 52.0 Å². The Morgan fingerprint density at radius 2 is 2.13 bits per heavy atom. The lowest BCUT2D eigenvalue weighted by atomic mass is 9.69. The molecule has 3 nitrogen and oxygen atoms in total. The van der Waals surface area contributed by atoms with Crippen molar-refractivity contribution in [3.8, 4) is 0 Å². The van der Waals surface area contributed by atoms with E-state index in [1.807, 2.05) is 0 Å². The van der Waals surface area contributed by atoms with Gasteiger partial charge in [0.05, 0.1) is 5.60 Å². The van der Waals surface area contributed by atoms with Crippen LogP contribution in [-0.4, -0.2) is 37.0 Å². The second-order valence-corrected chi connectivity index (χ2v) is 4.94. The maximum atomic E-state index is 10.9. The fourth-order valence-electron chi connectivity index (χ4n) is 3.18. The van der Waals surface area contributed by atoms with Gasteiger partial charge in [0.25, 0.3) is 0 Å². The van der Waals surface area contributed by atoms with Gasteiger partial charge in [0, 0.05) is 25.7 Å². The second kappa shape index (κ2) is 4.81. The van der Waals surface area contributed by atoms with Gasteiger partial charge in [-0.2, -0.15) is 0 Å². The van der Waals surface area contributed by atoms with Gasteiger partial charge in [-0.1, -0.05) is 6.92 Å². The van der Waals surface area contributed by atoms with E-state index in [1.165, 1.54) is 0 Å². The standard InChI is InChI=1S/C12H23NO2/c1-2-10-9-13-6-5-12(10,14)11-3-7-15-8-4-11/h10-11,13-14H,2-9H2,1H3. The molecular formula is C12H23NO2. The first-order valence-corrected chi connectivity index (χ1v) is 6.28. The zero-order valence-electron chi connectivity index (χ0n) is 9.67. The van der Waals surface area contributed by atoms with Crippen LogP contribution in [-0.2, 0) is 4.74 Å². The highest BCUT2D eigenvalue weighted by atomic mass is 16.5. The SMILES string of the molecule is CCC1CNCCC1(O)C1CCOCC1. The minimum Gasteiger partial charge on any atom is -0.389 e. The Labute approximate surface area is 92.2 Å². The molecular weight excluding hydrogens is 190 g/mol. The molecule has 0 aromatic carbocycles. The molecule has 0 amide bonds. The predicted octanol–water partition coefficient (Wildman–Crippen LogP) is 1.16. The fraction of sp³-hybridized carbons (Fsp3) is 1.00. The molecule has 2 atom stereocenters. The topological polar surface area (TPSA) is 41.5 Å². The summed E-state index contributed by atoms with van der Waals surface area (Å²) in [6.07, 6.45) is 4.05. The smallest absolute Gasteiger partial charge is 0.0729 e. The number of aliphatic hydroxyl groups is 1. The maximum absolute atomic E-state index is 10.9. The lowest BCUT2D eigenvalue weighted by Gasteiger charge is -2.46. The summed E-state index contributed by atoms with van der Waals surface area (Å²) < 4.78 is 5.38. The van der Waals surface area contributed by atoms with Crippen LogP contribution in [0.3, 0.4) is 0 Å². The first-order valence-electron chi connectivity index (χ1n) is 6.28. The van der Waals surface area contributed by atoms with E-state index in [-0.39, 0.29) is 0 Å². The van der Waals surface area contributed by atoms with Crippen molar-refractivity contribution in [3.63, 3.8) is 0 Å². The van der Waals surface area contributed by atoms with Gasteiger partial charge >= 0.3 is 0 Å². The van der Waals surface area contributed by atoms with Gasteiger partial charge in [-0.3, -0.25) is 0 Å². The molecule has 2 heterocycles. The number of hydrogen-bond acceptors (Lipinski definition) is 3. The minimum absolute atomic E-state index is 0.425. The van der Waals surface area contributed by atoms with Crippen LogP contribution in [0.1, 0.15) is 32.6 Å². The minimum atomic E-state index is -0.427. The summed E-state index contributed by atoms with van der Waals surface area (Å²) in [6, 6.07) is 0. The van der Waals surface area contributed by atoms with Crippen molar-refractivity contribution in [2.45, 2.75) is 38.2 Å². The third kappa shape index (κ3) is 2.19. The molecule has 2 aliphatic rings.